The monoisotopic (exact) mass is 1150 g/mol. The van der Waals surface area contributed by atoms with Gasteiger partial charge in [0.15, 0.2) is 6.10 Å². The van der Waals surface area contributed by atoms with E-state index >= 15 is 0 Å². The third kappa shape index (κ3) is 68.5. The normalized spacial score (nSPS) is 12.9. The summed E-state index contributed by atoms with van der Waals surface area (Å²) >= 11 is 0. The molecule has 0 aliphatic heterocycles. The summed E-state index contributed by atoms with van der Waals surface area (Å²) in [6, 6.07) is 0. The van der Waals surface area contributed by atoms with Crippen LogP contribution in [0.2, 0.25) is 0 Å². The van der Waals surface area contributed by atoms with E-state index in [9.17, 15) is 14.4 Å². The minimum atomic E-state index is -0.791. The number of hydrogen-bond donors (Lipinski definition) is 0. The summed E-state index contributed by atoms with van der Waals surface area (Å²) in [7, 11) is 0. The van der Waals surface area contributed by atoms with Crippen LogP contribution in [0.1, 0.15) is 329 Å². The van der Waals surface area contributed by atoms with Crippen LogP contribution in [0, 0.1) is 0 Å². The molecule has 0 fully saturated rings. The maximum Gasteiger partial charge on any atom is 0.306 e. The minimum absolute atomic E-state index is 0.0870. The first-order chi connectivity index (χ1) is 41.0. The molecule has 0 heterocycles. The molecule has 0 N–H and O–H groups in total. The summed E-state index contributed by atoms with van der Waals surface area (Å²) in [6.45, 7) is 6.51. The zero-order valence-corrected chi connectivity index (χ0v) is 54.4. The fraction of sp³-hybridized carbons (Fsp3) is 0.701. The lowest BCUT2D eigenvalue weighted by molar-refractivity contribution is -0.167. The predicted molar refractivity (Wildman–Crippen MR) is 362 cm³/mol. The predicted octanol–water partition coefficient (Wildman–Crippen LogP) is 24.3. The number of ether oxygens (including phenoxy) is 3. The van der Waals surface area contributed by atoms with E-state index in [-0.39, 0.29) is 31.1 Å². The molecule has 1 atom stereocenters. The van der Waals surface area contributed by atoms with E-state index in [1.165, 1.54) is 154 Å². The van der Waals surface area contributed by atoms with Gasteiger partial charge < -0.3 is 14.2 Å². The van der Waals surface area contributed by atoms with Gasteiger partial charge in [-0.3, -0.25) is 14.4 Å². The summed E-state index contributed by atoms with van der Waals surface area (Å²) in [6.07, 6.45) is 97.8. The van der Waals surface area contributed by atoms with Gasteiger partial charge in [-0.05, 0) is 135 Å². The molecule has 6 nitrogen and oxygen atoms in total. The van der Waals surface area contributed by atoms with E-state index < -0.39 is 6.10 Å². The lowest BCUT2D eigenvalue weighted by Gasteiger charge is -2.18. The zero-order chi connectivity index (χ0) is 59.9. The lowest BCUT2D eigenvalue weighted by atomic mass is 10.1. The third-order valence-corrected chi connectivity index (χ3v) is 14.9. The van der Waals surface area contributed by atoms with Crippen LogP contribution in [0.4, 0.5) is 0 Å². The standard InChI is InChI=1S/C77H130O6/c1-4-7-10-13-16-19-22-25-28-30-32-33-34-35-36-37-38-39-40-41-42-43-45-46-49-52-55-58-61-64-67-70-76(79)82-73-74(72-81-75(78)69-66-63-60-57-54-51-48-27-24-21-18-15-12-9-6-3)83-77(80)71-68-65-62-59-56-53-50-47-44-31-29-26-23-20-17-14-11-8-5-2/h7,10,16,18-19,21,25-29,32-33,35-36,38-39,41-42,48,74H,4-6,8-9,11-15,17,20,22-24,30-31,34,37,40,43-47,49-73H2,1-3H3/b10-7-,19-16-,21-18-,28-25-,29-26-,33-32-,36-35-,39-38-,42-41-,48-27-. The maximum atomic E-state index is 12.9. The molecule has 0 aromatic rings. The highest BCUT2D eigenvalue weighted by molar-refractivity contribution is 5.71. The van der Waals surface area contributed by atoms with Crippen LogP contribution in [0.25, 0.3) is 0 Å². The van der Waals surface area contributed by atoms with E-state index in [1.807, 2.05) is 0 Å². The molecular formula is C77H130O6. The molecule has 0 saturated carbocycles. The van der Waals surface area contributed by atoms with Crippen molar-refractivity contribution in [1.29, 1.82) is 0 Å². The topological polar surface area (TPSA) is 78.9 Å². The van der Waals surface area contributed by atoms with Crippen molar-refractivity contribution >= 4 is 17.9 Å². The second-order valence-corrected chi connectivity index (χ2v) is 23.1. The van der Waals surface area contributed by atoms with Gasteiger partial charge in [0.1, 0.15) is 13.2 Å². The van der Waals surface area contributed by atoms with Crippen molar-refractivity contribution in [2.75, 3.05) is 13.2 Å². The van der Waals surface area contributed by atoms with E-state index in [1.54, 1.807) is 0 Å². The first-order valence-corrected chi connectivity index (χ1v) is 35.0. The molecule has 0 amide bonds. The van der Waals surface area contributed by atoms with Crippen LogP contribution in [0.5, 0.6) is 0 Å². The van der Waals surface area contributed by atoms with Crippen molar-refractivity contribution in [3.8, 4) is 0 Å². The van der Waals surface area contributed by atoms with Gasteiger partial charge in [0.25, 0.3) is 0 Å². The first-order valence-electron chi connectivity index (χ1n) is 35.0. The van der Waals surface area contributed by atoms with Crippen molar-refractivity contribution in [2.45, 2.75) is 335 Å². The number of rotatable bonds is 63. The van der Waals surface area contributed by atoms with Gasteiger partial charge in [-0.15, -0.1) is 0 Å². The second-order valence-electron chi connectivity index (χ2n) is 23.1. The second kappa shape index (κ2) is 70.3. The Hall–Kier alpha value is -4.19. The Morgan fingerprint density at radius 2 is 0.470 bits per heavy atom. The molecule has 0 bridgehead atoms. The van der Waals surface area contributed by atoms with Crippen molar-refractivity contribution < 1.29 is 28.6 Å². The molecule has 0 spiro atoms. The molecule has 0 aliphatic rings. The Labute approximate surface area is 513 Å². The molecule has 83 heavy (non-hydrogen) atoms. The molecule has 6 heteroatoms. The maximum absolute atomic E-state index is 12.9. The van der Waals surface area contributed by atoms with E-state index in [0.29, 0.717) is 19.3 Å². The SMILES string of the molecule is CC/C=C\C/C=C\C/C=C\C/C=C\C/C=C\C/C=C\C/C=C\CCCCCCCCCCCC(=O)OCC(COC(=O)CCCCCCC/C=C\C/C=C\CCCCC)OC(=O)CCCCCCCCCCC/C=C\CCCCCCCC. The summed E-state index contributed by atoms with van der Waals surface area (Å²) in [5, 5.41) is 0. The van der Waals surface area contributed by atoms with Crippen molar-refractivity contribution in [3.05, 3.63) is 122 Å². The van der Waals surface area contributed by atoms with Gasteiger partial charge in [-0.25, -0.2) is 0 Å². The fourth-order valence-corrected chi connectivity index (χ4v) is 9.68. The quantitative estimate of drug-likeness (QED) is 0.0261. The molecule has 0 radical (unpaired) electrons. The van der Waals surface area contributed by atoms with Crippen LogP contribution < -0.4 is 0 Å². The highest BCUT2D eigenvalue weighted by atomic mass is 16.6. The van der Waals surface area contributed by atoms with Crippen LogP contribution in [-0.2, 0) is 28.6 Å². The average Bonchev–Trinajstić information content (AvgIpc) is 3.49. The van der Waals surface area contributed by atoms with Gasteiger partial charge in [0.05, 0.1) is 0 Å². The largest absolute Gasteiger partial charge is 0.462 e. The smallest absolute Gasteiger partial charge is 0.306 e. The average molecular weight is 1150 g/mol. The van der Waals surface area contributed by atoms with Crippen LogP contribution in [0.3, 0.4) is 0 Å². The highest BCUT2D eigenvalue weighted by Gasteiger charge is 2.19. The van der Waals surface area contributed by atoms with Crippen molar-refractivity contribution in [3.63, 3.8) is 0 Å². The molecular weight excluding hydrogens is 1020 g/mol. The summed E-state index contributed by atoms with van der Waals surface area (Å²) < 4.78 is 17.0. The molecule has 0 rings (SSSR count). The third-order valence-electron chi connectivity index (χ3n) is 14.9. The zero-order valence-electron chi connectivity index (χ0n) is 54.4. The number of carbonyl (C=O) groups is 3. The Morgan fingerprint density at radius 1 is 0.253 bits per heavy atom. The number of esters is 3. The number of unbranched alkanes of at least 4 members (excludes halogenated alkanes) is 32. The van der Waals surface area contributed by atoms with Crippen LogP contribution in [-0.4, -0.2) is 37.2 Å². The lowest BCUT2D eigenvalue weighted by Crippen LogP contribution is -2.30. The number of carbonyl (C=O) groups excluding carboxylic acids is 3. The number of allylic oxidation sites excluding steroid dienone is 20. The Balaban J connectivity index is 4.33. The van der Waals surface area contributed by atoms with Gasteiger partial charge in [-0.1, -0.05) is 296 Å². The van der Waals surface area contributed by atoms with E-state index in [4.69, 9.17) is 14.2 Å². The van der Waals surface area contributed by atoms with Gasteiger partial charge in [-0.2, -0.15) is 0 Å². The summed E-state index contributed by atoms with van der Waals surface area (Å²) in [4.78, 5) is 38.4. The Kier molecular flexibility index (Phi) is 66.7. The fourth-order valence-electron chi connectivity index (χ4n) is 9.68. The first kappa shape index (κ1) is 78.8. The Morgan fingerprint density at radius 3 is 0.771 bits per heavy atom. The molecule has 0 aromatic heterocycles. The van der Waals surface area contributed by atoms with Crippen molar-refractivity contribution in [2.24, 2.45) is 0 Å². The Bertz CT molecular complexity index is 1700. The molecule has 1 unspecified atom stereocenters. The molecule has 0 aliphatic carbocycles. The molecule has 0 aromatic carbocycles. The molecule has 474 valence electrons. The highest BCUT2D eigenvalue weighted by Crippen LogP contribution is 2.16. The van der Waals surface area contributed by atoms with Gasteiger partial charge in [0.2, 0.25) is 0 Å². The van der Waals surface area contributed by atoms with E-state index in [2.05, 4.69) is 142 Å². The van der Waals surface area contributed by atoms with E-state index in [0.717, 1.165) is 135 Å². The van der Waals surface area contributed by atoms with Crippen LogP contribution >= 0.6 is 0 Å². The number of hydrogen-bond acceptors (Lipinski definition) is 6. The summed E-state index contributed by atoms with van der Waals surface area (Å²) in [5.41, 5.74) is 0. The van der Waals surface area contributed by atoms with Crippen molar-refractivity contribution in [1.82, 2.24) is 0 Å². The van der Waals surface area contributed by atoms with Gasteiger partial charge >= 0.3 is 17.9 Å². The van der Waals surface area contributed by atoms with Crippen LogP contribution in [0.15, 0.2) is 122 Å². The van der Waals surface area contributed by atoms with Gasteiger partial charge in [0, 0.05) is 19.3 Å². The summed E-state index contributed by atoms with van der Waals surface area (Å²) in [5.74, 6) is -0.898. The minimum Gasteiger partial charge on any atom is -0.462 e. The molecule has 0 saturated heterocycles.